The number of rotatable bonds is 3. The van der Waals surface area contributed by atoms with Gasteiger partial charge >= 0.3 is 0 Å². The minimum Gasteiger partial charge on any atom is -0.494 e. The van der Waals surface area contributed by atoms with E-state index in [1.54, 1.807) is 17.0 Å². The van der Waals surface area contributed by atoms with Crippen LogP contribution in [-0.4, -0.2) is 64.8 Å². The smallest absolute Gasteiger partial charge is 0.257 e. The standard InChI is InChI=1S/C29H30N2O7S/c1-36-25-17-24-20-11-13-31(29(33)19-7-9-23(10-8-19)39(2,34)35)28(24)21-5-3-6-22(15-21)37-14-4-12-30-27(32)18-38-26(25)16-20/h3,5-10,15-17,28H,4,11-14,18H2,1-2H3,(H,30,32). The van der Waals surface area contributed by atoms with Crippen molar-refractivity contribution >= 4 is 21.7 Å². The monoisotopic (exact) mass is 550 g/mol. The summed E-state index contributed by atoms with van der Waals surface area (Å²) >= 11 is 0. The van der Waals surface area contributed by atoms with Crippen LogP contribution in [0.4, 0.5) is 0 Å². The molecule has 0 saturated heterocycles. The fraction of sp³-hybridized carbons (Fsp3) is 0.310. The molecule has 2 amide bonds. The Kier molecular flexibility index (Phi) is 7.47. The number of hydrogen-bond acceptors (Lipinski definition) is 7. The summed E-state index contributed by atoms with van der Waals surface area (Å²) in [6, 6.07) is 16.9. The normalized spacial score (nSPS) is 17.5. The second kappa shape index (κ2) is 11.0. The number of amides is 2. The first-order valence-electron chi connectivity index (χ1n) is 12.7. The molecule has 3 aromatic carbocycles. The second-order valence-corrected chi connectivity index (χ2v) is 11.6. The van der Waals surface area contributed by atoms with Gasteiger partial charge in [0.1, 0.15) is 5.75 Å². The number of hydrogen-bond donors (Lipinski definition) is 1. The zero-order valence-electron chi connectivity index (χ0n) is 21.8. The Morgan fingerprint density at radius 2 is 1.87 bits per heavy atom. The van der Waals surface area contributed by atoms with E-state index in [0.29, 0.717) is 55.4 Å². The van der Waals surface area contributed by atoms with E-state index in [2.05, 4.69) is 5.32 Å². The lowest BCUT2D eigenvalue weighted by Gasteiger charge is -2.38. The molecule has 3 aliphatic rings. The lowest BCUT2D eigenvalue weighted by Crippen LogP contribution is -2.40. The van der Waals surface area contributed by atoms with Crippen LogP contribution in [0, 0.1) is 0 Å². The zero-order valence-corrected chi connectivity index (χ0v) is 22.6. The molecule has 0 aliphatic carbocycles. The van der Waals surface area contributed by atoms with Crippen LogP contribution in [0.1, 0.15) is 39.5 Å². The molecule has 3 heterocycles. The molecule has 1 atom stereocenters. The SMILES string of the molecule is COc1cc2c3cc1OCC(=O)NCCCOc1cccc(c1)C2N(C(=O)c1ccc(S(C)(=O)=O)cc1)CC3. The Bertz CT molecular complexity index is 1500. The van der Waals surface area contributed by atoms with Gasteiger partial charge in [0.2, 0.25) is 0 Å². The zero-order chi connectivity index (χ0) is 27.6. The number of sulfone groups is 1. The summed E-state index contributed by atoms with van der Waals surface area (Å²) in [6.07, 6.45) is 2.31. The summed E-state index contributed by atoms with van der Waals surface area (Å²) in [7, 11) is -1.85. The Balaban J connectivity index is 1.60. The van der Waals surface area contributed by atoms with Gasteiger partial charge in [0.25, 0.3) is 11.8 Å². The lowest BCUT2D eigenvalue weighted by molar-refractivity contribution is -0.123. The predicted molar refractivity (Wildman–Crippen MR) is 144 cm³/mol. The highest BCUT2D eigenvalue weighted by molar-refractivity contribution is 7.90. The molecular formula is C29H30N2O7S. The van der Waals surface area contributed by atoms with Gasteiger partial charge in [-0.2, -0.15) is 0 Å². The first kappa shape index (κ1) is 26.6. The highest BCUT2D eigenvalue weighted by Gasteiger charge is 2.34. The number of carbonyl (C=O) groups excluding carboxylic acids is 2. The molecule has 204 valence electrons. The van der Waals surface area contributed by atoms with E-state index in [9.17, 15) is 18.0 Å². The fourth-order valence-corrected chi connectivity index (χ4v) is 5.58. The van der Waals surface area contributed by atoms with Crippen LogP contribution >= 0.6 is 0 Å². The van der Waals surface area contributed by atoms with Gasteiger partial charge in [-0.05, 0) is 78.1 Å². The van der Waals surface area contributed by atoms with Crippen LogP contribution in [0.15, 0.2) is 65.6 Å². The van der Waals surface area contributed by atoms with Crippen LogP contribution in [0.5, 0.6) is 17.2 Å². The Labute approximate surface area is 227 Å². The van der Waals surface area contributed by atoms with Gasteiger partial charge in [0.05, 0.1) is 24.7 Å². The number of benzene rings is 3. The van der Waals surface area contributed by atoms with E-state index in [1.165, 1.54) is 19.2 Å². The molecule has 6 rings (SSSR count). The van der Waals surface area contributed by atoms with Gasteiger partial charge in [0.15, 0.2) is 27.9 Å². The minimum atomic E-state index is -3.38. The number of nitrogens with zero attached hydrogens (tertiary/aromatic N) is 1. The molecule has 0 fully saturated rings. The summed E-state index contributed by atoms with van der Waals surface area (Å²) in [5.41, 5.74) is 3.11. The first-order chi connectivity index (χ1) is 18.7. The van der Waals surface area contributed by atoms with Crippen LogP contribution in [0.2, 0.25) is 0 Å². The van der Waals surface area contributed by atoms with E-state index >= 15 is 0 Å². The van der Waals surface area contributed by atoms with Gasteiger partial charge in [-0.1, -0.05) is 12.1 Å². The molecule has 9 nitrogen and oxygen atoms in total. The third-order valence-electron chi connectivity index (χ3n) is 6.89. The van der Waals surface area contributed by atoms with Crippen LogP contribution in [0.25, 0.3) is 0 Å². The molecule has 3 aliphatic heterocycles. The molecule has 1 unspecified atom stereocenters. The number of carbonyl (C=O) groups is 2. The molecule has 0 spiro atoms. The Morgan fingerprint density at radius 3 is 2.62 bits per heavy atom. The van der Waals surface area contributed by atoms with Crippen molar-refractivity contribution in [1.82, 2.24) is 10.2 Å². The van der Waals surface area contributed by atoms with E-state index in [4.69, 9.17) is 14.2 Å². The largest absolute Gasteiger partial charge is 0.494 e. The summed E-state index contributed by atoms with van der Waals surface area (Å²) < 4.78 is 41.2. The van der Waals surface area contributed by atoms with Crippen molar-refractivity contribution in [2.24, 2.45) is 0 Å². The average Bonchev–Trinajstić information content (AvgIpc) is 2.93. The summed E-state index contributed by atoms with van der Waals surface area (Å²) in [6.45, 7) is 1.14. The van der Waals surface area contributed by atoms with Gasteiger partial charge in [-0.15, -0.1) is 0 Å². The molecule has 0 saturated carbocycles. The van der Waals surface area contributed by atoms with Gasteiger partial charge in [-0.25, -0.2) is 8.42 Å². The minimum absolute atomic E-state index is 0.146. The maximum absolute atomic E-state index is 13.9. The van der Waals surface area contributed by atoms with Crippen molar-refractivity contribution in [1.29, 1.82) is 0 Å². The number of methoxy groups -OCH3 is 1. The number of ether oxygens (including phenoxy) is 3. The first-order valence-corrected chi connectivity index (χ1v) is 14.6. The molecule has 10 heteroatoms. The third-order valence-corrected chi connectivity index (χ3v) is 8.02. The molecule has 3 aromatic rings. The van der Waals surface area contributed by atoms with E-state index in [1.807, 2.05) is 36.4 Å². The van der Waals surface area contributed by atoms with Gasteiger partial charge in [-0.3, -0.25) is 9.59 Å². The van der Waals surface area contributed by atoms with Crippen molar-refractivity contribution < 1.29 is 32.2 Å². The number of nitrogens with one attached hydrogen (secondary N) is 1. The molecule has 1 N–H and O–H groups in total. The Hall–Kier alpha value is -4.05. The summed E-state index contributed by atoms with van der Waals surface area (Å²) in [4.78, 5) is 28.1. The quantitative estimate of drug-likeness (QED) is 0.533. The third kappa shape index (κ3) is 5.70. The molecular weight excluding hydrogens is 520 g/mol. The van der Waals surface area contributed by atoms with E-state index < -0.39 is 15.9 Å². The predicted octanol–water partition coefficient (Wildman–Crippen LogP) is 3.16. The summed E-state index contributed by atoms with van der Waals surface area (Å²) in [5.74, 6) is 1.13. The van der Waals surface area contributed by atoms with Gasteiger partial charge < -0.3 is 24.4 Å². The topological polar surface area (TPSA) is 111 Å². The van der Waals surface area contributed by atoms with Crippen LogP contribution < -0.4 is 19.5 Å². The average molecular weight is 551 g/mol. The second-order valence-electron chi connectivity index (χ2n) is 9.56. The molecule has 39 heavy (non-hydrogen) atoms. The van der Waals surface area contributed by atoms with E-state index in [-0.39, 0.29) is 23.3 Å². The maximum Gasteiger partial charge on any atom is 0.257 e. The summed E-state index contributed by atoms with van der Waals surface area (Å²) in [5, 5.41) is 2.83. The van der Waals surface area contributed by atoms with Gasteiger partial charge in [0, 0.05) is 24.9 Å². The molecule has 6 bridgehead atoms. The van der Waals surface area contributed by atoms with Crippen molar-refractivity contribution in [3.63, 3.8) is 0 Å². The lowest BCUT2D eigenvalue weighted by atomic mass is 9.87. The molecule has 0 radical (unpaired) electrons. The van der Waals surface area contributed by atoms with Crippen LogP contribution in [-0.2, 0) is 21.1 Å². The highest BCUT2D eigenvalue weighted by atomic mass is 32.2. The Morgan fingerprint density at radius 1 is 1.08 bits per heavy atom. The highest BCUT2D eigenvalue weighted by Crippen LogP contribution is 2.42. The molecule has 0 aromatic heterocycles. The van der Waals surface area contributed by atoms with Crippen molar-refractivity contribution in [2.75, 3.05) is 39.7 Å². The van der Waals surface area contributed by atoms with Crippen molar-refractivity contribution in [3.05, 3.63) is 82.9 Å². The van der Waals surface area contributed by atoms with Crippen LogP contribution in [0.3, 0.4) is 0 Å². The van der Waals surface area contributed by atoms with Crippen molar-refractivity contribution in [2.45, 2.75) is 23.8 Å². The fourth-order valence-electron chi connectivity index (χ4n) is 4.95. The number of fused-ring (bicyclic) bond motifs is 8. The van der Waals surface area contributed by atoms with E-state index in [0.717, 1.165) is 22.9 Å². The maximum atomic E-state index is 13.9. The van der Waals surface area contributed by atoms with Crippen molar-refractivity contribution in [3.8, 4) is 17.2 Å².